The lowest BCUT2D eigenvalue weighted by atomic mass is 10.0. The summed E-state index contributed by atoms with van der Waals surface area (Å²) in [4.78, 5) is 1.19. The van der Waals surface area contributed by atoms with E-state index in [9.17, 15) is 5.11 Å². The van der Waals surface area contributed by atoms with Crippen molar-refractivity contribution in [3.8, 4) is 5.75 Å². The van der Waals surface area contributed by atoms with Crippen LogP contribution in [-0.2, 0) is 0 Å². The molecule has 0 radical (unpaired) electrons. The van der Waals surface area contributed by atoms with Crippen LogP contribution in [0, 0.1) is 0 Å². The van der Waals surface area contributed by atoms with Gasteiger partial charge in [0.15, 0.2) is 0 Å². The van der Waals surface area contributed by atoms with Crippen LogP contribution in [0.25, 0.3) is 0 Å². The molecule has 1 aliphatic heterocycles. The van der Waals surface area contributed by atoms with Crippen molar-refractivity contribution in [3.63, 3.8) is 0 Å². The quantitative estimate of drug-likeness (QED) is 0.853. The van der Waals surface area contributed by atoms with Gasteiger partial charge >= 0.3 is 0 Å². The predicted molar refractivity (Wildman–Crippen MR) is 69.5 cm³/mol. The third-order valence-electron chi connectivity index (χ3n) is 2.87. The molecule has 0 amide bonds. The SMILES string of the molecule is Oc1ccccc1[C@H]1CC(c2cccs2)=NN1. The molecule has 17 heavy (non-hydrogen) atoms. The number of phenolic OH excluding ortho intramolecular Hbond substituents is 1. The number of hydrogen-bond donors (Lipinski definition) is 2. The highest BCUT2D eigenvalue weighted by Gasteiger charge is 2.23. The topological polar surface area (TPSA) is 44.6 Å². The Morgan fingerprint density at radius 2 is 2.12 bits per heavy atom. The summed E-state index contributed by atoms with van der Waals surface area (Å²) in [6, 6.07) is 11.6. The molecule has 1 atom stereocenters. The van der Waals surface area contributed by atoms with Gasteiger partial charge in [0, 0.05) is 12.0 Å². The molecule has 0 aliphatic carbocycles. The number of hydrogen-bond acceptors (Lipinski definition) is 4. The zero-order valence-electron chi connectivity index (χ0n) is 9.13. The van der Waals surface area contributed by atoms with Gasteiger partial charge in [0.25, 0.3) is 0 Å². The second kappa shape index (κ2) is 4.22. The molecule has 0 fully saturated rings. The third kappa shape index (κ3) is 1.91. The number of para-hydroxylation sites is 1. The van der Waals surface area contributed by atoms with Gasteiger partial charge in [-0.05, 0) is 17.5 Å². The lowest BCUT2D eigenvalue weighted by Gasteiger charge is -2.11. The van der Waals surface area contributed by atoms with Gasteiger partial charge in [-0.2, -0.15) is 5.10 Å². The predicted octanol–water partition coefficient (Wildman–Crippen LogP) is 2.89. The second-order valence-corrected chi connectivity index (χ2v) is 4.93. The highest BCUT2D eigenvalue weighted by Crippen LogP contribution is 2.30. The third-order valence-corrected chi connectivity index (χ3v) is 3.79. The Balaban J connectivity index is 1.81. The zero-order chi connectivity index (χ0) is 11.7. The van der Waals surface area contributed by atoms with E-state index >= 15 is 0 Å². The Hall–Kier alpha value is -1.81. The molecule has 0 saturated heterocycles. The summed E-state index contributed by atoms with van der Waals surface area (Å²) in [5.41, 5.74) is 5.06. The summed E-state index contributed by atoms with van der Waals surface area (Å²) in [6.07, 6.45) is 0.818. The minimum atomic E-state index is 0.0771. The maximum atomic E-state index is 9.80. The van der Waals surface area contributed by atoms with E-state index in [0.29, 0.717) is 5.75 Å². The van der Waals surface area contributed by atoms with E-state index in [2.05, 4.69) is 16.6 Å². The fourth-order valence-corrected chi connectivity index (χ4v) is 2.73. The van der Waals surface area contributed by atoms with Crippen LogP contribution in [0.5, 0.6) is 5.75 Å². The minimum absolute atomic E-state index is 0.0771. The Labute approximate surface area is 103 Å². The van der Waals surface area contributed by atoms with Crippen LogP contribution in [0.3, 0.4) is 0 Å². The average Bonchev–Trinajstić information content (AvgIpc) is 3.00. The van der Waals surface area contributed by atoms with Gasteiger partial charge in [0.05, 0.1) is 16.6 Å². The summed E-state index contributed by atoms with van der Waals surface area (Å²) in [6.45, 7) is 0. The molecule has 3 nitrogen and oxygen atoms in total. The van der Waals surface area contributed by atoms with E-state index in [1.165, 1.54) is 4.88 Å². The van der Waals surface area contributed by atoms with Crippen LogP contribution in [0.1, 0.15) is 22.9 Å². The number of nitrogens with one attached hydrogen (secondary N) is 1. The molecule has 1 aromatic carbocycles. The van der Waals surface area contributed by atoms with Crippen molar-refractivity contribution in [2.24, 2.45) is 5.10 Å². The van der Waals surface area contributed by atoms with E-state index in [4.69, 9.17) is 0 Å². The molecule has 2 heterocycles. The zero-order valence-corrected chi connectivity index (χ0v) is 9.95. The molecular formula is C13H12N2OS. The summed E-state index contributed by atoms with van der Waals surface area (Å²) in [5.74, 6) is 0.327. The van der Waals surface area contributed by atoms with Crippen LogP contribution in [-0.4, -0.2) is 10.8 Å². The standard InChI is InChI=1S/C13H12N2OS/c16-12-5-2-1-4-9(12)10-8-11(15-14-10)13-6-3-7-17-13/h1-7,10,14,16H,8H2/t10-/m1/s1. The maximum Gasteiger partial charge on any atom is 0.120 e. The van der Waals surface area contributed by atoms with Gasteiger partial charge < -0.3 is 10.5 Å². The van der Waals surface area contributed by atoms with Crippen molar-refractivity contribution in [2.45, 2.75) is 12.5 Å². The van der Waals surface area contributed by atoms with Crippen LogP contribution < -0.4 is 5.43 Å². The molecule has 0 spiro atoms. The van der Waals surface area contributed by atoms with E-state index in [1.807, 2.05) is 29.6 Å². The Kier molecular flexibility index (Phi) is 2.57. The first-order chi connectivity index (χ1) is 8.34. The highest BCUT2D eigenvalue weighted by molar-refractivity contribution is 7.12. The Bertz CT molecular complexity index is 548. The summed E-state index contributed by atoms with van der Waals surface area (Å²) < 4.78 is 0. The number of aromatic hydroxyl groups is 1. The van der Waals surface area contributed by atoms with Crippen molar-refractivity contribution in [1.82, 2.24) is 5.43 Å². The van der Waals surface area contributed by atoms with Crippen molar-refractivity contribution >= 4 is 17.0 Å². The minimum Gasteiger partial charge on any atom is -0.508 e. The lowest BCUT2D eigenvalue weighted by molar-refractivity contribution is 0.455. The van der Waals surface area contributed by atoms with Gasteiger partial charge in [-0.1, -0.05) is 24.3 Å². The van der Waals surface area contributed by atoms with Crippen LogP contribution in [0.4, 0.5) is 0 Å². The van der Waals surface area contributed by atoms with E-state index in [-0.39, 0.29) is 6.04 Å². The average molecular weight is 244 g/mol. The summed E-state index contributed by atoms with van der Waals surface area (Å²) >= 11 is 1.69. The van der Waals surface area contributed by atoms with E-state index < -0.39 is 0 Å². The maximum absolute atomic E-state index is 9.80. The van der Waals surface area contributed by atoms with Crippen LogP contribution >= 0.6 is 11.3 Å². The highest BCUT2D eigenvalue weighted by atomic mass is 32.1. The number of benzene rings is 1. The van der Waals surface area contributed by atoms with E-state index in [0.717, 1.165) is 17.7 Å². The van der Waals surface area contributed by atoms with Gasteiger partial charge in [-0.25, -0.2) is 0 Å². The largest absolute Gasteiger partial charge is 0.508 e. The normalized spacial score (nSPS) is 18.8. The second-order valence-electron chi connectivity index (χ2n) is 3.98. The monoisotopic (exact) mass is 244 g/mol. The molecule has 2 N–H and O–H groups in total. The number of phenols is 1. The van der Waals surface area contributed by atoms with E-state index in [1.54, 1.807) is 17.4 Å². The molecular weight excluding hydrogens is 232 g/mol. The Morgan fingerprint density at radius 3 is 2.88 bits per heavy atom. The van der Waals surface area contributed by atoms with Gasteiger partial charge in [-0.3, -0.25) is 0 Å². The summed E-state index contributed by atoms with van der Waals surface area (Å²) in [7, 11) is 0. The molecule has 2 aromatic rings. The van der Waals surface area contributed by atoms with Gasteiger partial charge in [0.2, 0.25) is 0 Å². The molecule has 86 valence electrons. The summed E-state index contributed by atoms with van der Waals surface area (Å²) in [5, 5.41) is 16.2. The first-order valence-electron chi connectivity index (χ1n) is 5.48. The van der Waals surface area contributed by atoms with Gasteiger partial charge in [-0.15, -0.1) is 11.3 Å². The fraction of sp³-hybridized carbons (Fsp3) is 0.154. The molecule has 0 bridgehead atoms. The first kappa shape index (κ1) is 10.4. The number of rotatable bonds is 2. The fourth-order valence-electron chi connectivity index (χ4n) is 2.00. The number of nitrogens with zero attached hydrogens (tertiary/aromatic N) is 1. The lowest BCUT2D eigenvalue weighted by Crippen LogP contribution is -2.09. The first-order valence-corrected chi connectivity index (χ1v) is 6.36. The van der Waals surface area contributed by atoms with Crippen LogP contribution in [0.15, 0.2) is 46.9 Å². The molecule has 3 rings (SSSR count). The van der Waals surface area contributed by atoms with Crippen molar-refractivity contribution in [3.05, 3.63) is 52.2 Å². The van der Waals surface area contributed by atoms with Crippen molar-refractivity contribution in [1.29, 1.82) is 0 Å². The number of thiophene rings is 1. The smallest absolute Gasteiger partial charge is 0.120 e. The number of hydrazone groups is 1. The molecule has 1 aliphatic rings. The Morgan fingerprint density at radius 1 is 1.24 bits per heavy atom. The van der Waals surface area contributed by atoms with Crippen molar-refractivity contribution < 1.29 is 5.11 Å². The molecule has 0 saturated carbocycles. The van der Waals surface area contributed by atoms with Gasteiger partial charge in [0.1, 0.15) is 5.75 Å². The van der Waals surface area contributed by atoms with Crippen LogP contribution in [0.2, 0.25) is 0 Å². The molecule has 4 heteroatoms. The van der Waals surface area contributed by atoms with Crippen molar-refractivity contribution in [2.75, 3.05) is 0 Å². The molecule has 1 aromatic heterocycles. The molecule has 0 unspecified atom stereocenters.